The molecular weight excluding hydrogens is 232 g/mol. The number of hydrogen-bond donors (Lipinski definition) is 2. The van der Waals surface area contributed by atoms with Crippen molar-refractivity contribution in [2.75, 3.05) is 24.2 Å². The molecule has 2 N–H and O–H groups in total. The second kappa shape index (κ2) is 6.07. The van der Waals surface area contributed by atoms with E-state index in [0.717, 1.165) is 30.4 Å². The van der Waals surface area contributed by atoms with Crippen molar-refractivity contribution in [1.29, 1.82) is 0 Å². The molecule has 1 aliphatic rings. The van der Waals surface area contributed by atoms with Crippen LogP contribution in [0.15, 0.2) is 30.3 Å². The highest BCUT2D eigenvalue weighted by atomic mass is 32.2. The highest BCUT2D eigenvalue weighted by molar-refractivity contribution is 8.00. The largest absolute Gasteiger partial charge is 0.325 e. The van der Waals surface area contributed by atoms with Crippen molar-refractivity contribution in [3.8, 4) is 0 Å². The van der Waals surface area contributed by atoms with E-state index < -0.39 is 0 Å². The van der Waals surface area contributed by atoms with Gasteiger partial charge in [-0.2, -0.15) is 0 Å². The number of hydrogen-bond acceptors (Lipinski definition) is 3. The van der Waals surface area contributed by atoms with Gasteiger partial charge in [-0.1, -0.05) is 18.2 Å². The van der Waals surface area contributed by atoms with E-state index in [1.165, 1.54) is 0 Å². The highest BCUT2D eigenvalue weighted by Crippen LogP contribution is 2.19. The second-order valence-corrected chi connectivity index (χ2v) is 5.73. The van der Waals surface area contributed by atoms with Crippen LogP contribution >= 0.6 is 11.8 Å². The third-order valence-corrected chi connectivity index (χ3v) is 4.24. The van der Waals surface area contributed by atoms with E-state index in [1.54, 1.807) is 11.8 Å². The minimum atomic E-state index is 0.0100. The van der Waals surface area contributed by atoms with Crippen LogP contribution in [0.3, 0.4) is 0 Å². The lowest BCUT2D eigenvalue weighted by Gasteiger charge is -2.27. The molecule has 1 fully saturated rings. The summed E-state index contributed by atoms with van der Waals surface area (Å²) in [5.41, 5.74) is 0.871. The predicted octanol–water partition coefficient (Wildman–Crippen LogP) is 1.97. The van der Waals surface area contributed by atoms with Gasteiger partial charge in [-0.05, 0) is 43.8 Å². The molecule has 0 saturated carbocycles. The van der Waals surface area contributed by atoms with Gasteiger partial charge in [-0.25, -0.2) is 0 Å². The number of para-hydroxylation sites is 1. The first-order valence-electron chi connectivity index (χ1n) is 5.94. The molecule has 3 nitrogen and oxygen atoms in total. The van der Waals surface area contributed by atoms with Crippen LogP contribution in [0.25, 0.3) is 0 Å². The molecule has 1 saturated heterocycles. The zero-order chi connectivity index (χ0) is 12.1. The Kier molecular flexibility index (Phi) is 4.45. The zero-order valence-electron chi connectivity index (χ0n) is 9.98. The summed E-state index contributed by atoms with van der Waals surface area (Å²) in [6.07, 6.45) is 0. The Labute approximate surface area is 106 Å². The Balaban J connectivity index is 1.74. The Bertz CT molecular complexity index is 365. The van der Waals surface area contributed by atoms with Gasteiger partial charge in [-0.15, -0.1) is 11.8 Å². The molecule has 0 radical (unpaired) electrons. The van der Waals surface area contributed by atoms with Crippen LogP contribution in [-0.4, -0.2) is 30.0 Å². The standard InChI is InChI=1S/C13H18N2OS/c1-10(17-9-11-7-14-8-11)13(16)15-12-5-3-2-4-6-12/h2-6,10-11,14H,7-9H2,1H3,(H,15,16). The average molecular weight is 250 g/mol. The Hall–Kier alpha value is -1.00. The zero-order valence-corrected chi connectivity index (χ0v) is 10.8. The molecule has 92 valence electrons. The topological polar surface area (TPSA) is 41.1 Å². The lowest BCUT2D eigenvalue weighted by molar-refractivity contribution is -0.115. The molecule has 0 aromatic heterocycles. The molecule has 1 heterocycles. The number of amides is 1. The maximum atomic E-state index is 11.9. The number of carbonyl (C=O) groups excluding carboxylic acids is 1. The second-order valence-electron chi connectivity index (χ2n) is 4.36. The minimum absolute atomic E-state index is 0.0100. The summed E-state index contributed by atoms with van der Waals surface area (Å²) >= 11 is 1.74. The third-order valence-electron chi connectivity index (χ3n) is 2.86. The summed E-state index contributed by atoms with van der Waals surface area (Å²) in [5.74, 6) is 1.90. The lowest BCUT2D eigenvalue weighted by atomic mass is 10.1. The number of nitrogens with one attached hydrogen (secondary N) is 2. The summed E-state index contributed by atoms with van der Waals surface area (Å²) in [7, 11) is 0. The number of anilines is 1. The summed E-state index contributed by atoms with van der Waals surface area (Å²) in [4.78, 5) is 11.9. The Morgan fingerprint density at radius 1 is 1.47 bits per heavy atom. The van der Waals surface area contributed by atoms with Crippen molar-refractivity contribution < 1.29 is 4.79 Å². The van der Waals surface area contributed by atoms with Crippen LogP contribution in [0.1, 0.15) is 6.92 Å². The molecule has 2 rings (SSSR count). The highest BCUT2D eigenvalue weighted by Gasteiger charge is 2.20. The van der Waals surface area contributed by atoms with E-state index in [4.69, 9.17) is 0 Å². The van der Waals surface area contributed by atoms with Gasteiger partial charge in [0.2, 0.25) is 5.91 Å². The molecule has 0 bridgehead atoms. The first-order valence-corrected chi connectivity index (χ1v) is 6.99. The van der Waals surface area contributed by atoms with Gasteiger partial charge in [0.25, 0.3) is 0 Å². The predicted molar refractivity (Wildman–Crippen MR) is 73.4 cm³/mol. The van der Waals surface area contributed by atoms with Crippen molar-refractivity contribution in [1.82, 2.24) is 5.32 Å². The van der Waals surface area contributed by atoms with Crippen LogP contribution in [0.5, 0.6) is 0 Å². The van der Waals surface area contributed by atoms with E-state index in [1.807, 2.05) is 37.3 Å². The smallest absolute Gasteiger partial charge is 0.237 e. The Morgan fingerprint density at radius 3 is 2.76 bits per heavy atom. The van der Waals surface area contributed by atoms with Crippen molar-refractivity contribution in [3.05, 3.63) is 30.3 Å². The van der Waals surface area contributed by atoms with Crippen LogP contribution in [-0.2, 0) is 4.79 Å². The van der Waals surface area contributed by atoms with E-state index in [0.29, 0.717) is 0 Å². The van der Waals surface area contributed by atoms with Gasteiger partial charge in [0.1, 0.15) is 0 Å². The molecule has 1 atom stereocenters. The van der Waals surface area contributed by atoms with Gasteiger partial charge >= 0.3 is 0 Å². The fourth-order valence-corrected chi connectivity index (χ4v) is 2.59. The third kappa shape index (κ3) is 3.75. The monoisotopic (exact) mass is 250 g/mol. The van der Waals surface area contributed by atoms with E-state index in [2.05, 4.69) is 10.6 Å². The quantitative estimate of drug-likeness (QED) is 0.839. The van der Waals surface area contributed by atoms with Crippen LogP contribution < -0.4 is 10.6 Å². The number of carbonyl (C=O) groups is 1. The summed E-state index contributed by atoms with van der Waals surface area (Å²) in [5, 5.41) is 6.18. The first kappa shape index (κ1) is 12.5. The normalized spacial score (nSPS) is 17.2. The Morgan fingerprint density at radius 2 is 2.18 bits per heavy atom. The van der Waals surface area contributed by atoms with E-state index in [-0.39, 0.29) is 11.2 Å². The van der Waals surface area contributed by atoms with Gasteiger partial charge in [-0.3, -0.25) is 4.79 Å². The molecule has 1 aromatic carbocycles. The van der Waals surface area contributed by atoms with Crippen LogP contribution in [0.4, 0.5) is 5.69 Å². The van der Waals surface area contributed by atoms with Gasteiger partial charge in [0.15, 0.2) is 0 Å². The SMILES string of the molecule is CC(SCC1CNC1)C(=O)Nc1ccccc1. The van der Waals surface area contributed by atoms with Crippen LogP contribution in [0, 0.1) is 5.92 Å². The van der Waals surface area contributed by atoms with Crippen molar-refractivity contribution >= 4 is 23.4 Å². The van der Waals surface area contributed by atoms with Gasteiger partial charge < -0.3 is 10.6 Å². The summed E-state index contributed by atoms with van der Waals surface area (Å²) in [6.45, 7) is 4.16. The van der Waals surface area contributed by atoms with E-state index >= 15 is 0 Å². The van der Waals surface area contributed by atoms with Gasteiger partial charge in [0, 0.05) is 5.69 Å². The van der Waals surface area contributed by atoms with Gasteiger partial charge in [0.05, 0.1) is 5.25 Å². The molecule has 1 aliphatic heterocycles. The molecule has 0 spiro atoms. The maximum absolute atomic E-state index is 11.9. The average Bonchev–Trinajstić information content (AvgIpc) is 2.28. The molecule has 1 amide bonds. The molecule has 17 heavy (non-hydrogen) atoms. The first-order chi connectivity index (χ1) is 8.25. The fourth-order valence-electron chi connectivity index (χ4n) is 1.59. The van der Waals surface area contributed by atoms with Crippen molar-refractivity contribution in [3.63, 3.8) is 0 Å². The van der Waals surface area contributed by atoms with E-state index in [9.17, 15) is 4.79 Å². The lowest BCUT2D eigenvalue weighted by Crippen LogP contribution is -2.43. The van der Waals surface area contributed by atoms with Crippen molar-refractivity contribution in [2.24, 2.45) is 5.92 Å². The summed E-state index contributed by atoms with van der Waals surface area (Å²) < 4.78 is 0. The molecule has 0 aliphatic carbocycles. The molecule has 1 unspecified atom stereocenters. The fraction of sp³-hybridized carbons (Fsp3) is 0.462. The molecule has 4 heteroatoms. The number of benzene rings is 1. The maximum Gasteiger partial charge on any atom is 0.237 e. The summed E-state index contributed by atoms with van der Waals surface area (Å²) in [6, 6.07) is 9.61. The molecular formula is C13H18N2OS. The number of rotatable bonds is 5. The van der Waals surface area contributed by atoms with Crippen LogP contribution in [0.2, 0.25) is 0 Å². The minimum Gasteiger partial charge on any atom is -0.325 e. The molecule has 1 aromatic rings. The van der Waals surface area contributed by atoms with Crippen molar-refractivity contribution in [2.45, 2.75) is 12.2 Å². The number of thioether (sulfide) groups is 1.